The Morgan fingerprint density at radius 2 is 1.39 bits per heavy atom. The smallest absolute Gasteiger partial charge is 0.243 e. The molecule has 0 rings (SSSR count). The molecule has 7 atom stereocenters. The standard InChI is InChI=1S/C22H43N5O9/c1-6-24-20(34)12(4)26-22(36)17(11(2)3)27-21(35)13(23-5)7-8-16(31)25-9-14(29)18(32)19(33)15(30)10-28/h11-15,17-19,23,28-30,32-33H,6-10H2,1-5H3,(H,24,34)(H,25,31)(H,26,36)(H,27,35)/t12-,13-,14-,15+,17-,18+,19+/m0/s1. The number of aliphatic hydroxyl groups is 5. The van der Waals surface area contributed by atoms with E-state index >= 15 is 0 Å². The molecule has 0 unspecified atom stereocenters. The molecule has 0 saturated heterocycles. The summed E-state index contributed by atoms with van der Waals surface area (Å²) < 4.78 is 0. The molecule has 0 heterocycles. The van der Waals surface area contributed by atoms with Crippen LogP contribution in [0.4, 0.5) is 0 Å². The number of amides is 4. The van der Waals surface area contributed by atoms with Crippen LogP contribution in [-0.2, 0) is 19.2 Å². The van der Waals surface area contributed by atoms with Crippen LogP contribution in [-0.4, -0.2) is 118 Å². The van der Waals surface area contributed by atoms with Gasteiger partial charge in [0.2, 0.25) is 23.6 Å². The zero-order valence-electron chi connectivity index (χ0n) is 21.5. The molecule has 210 valence electrons. The molecule has 14 heteroatoms. The first-order valence-corrected chi connectivity index (χ1v) is 12.0. The third-order valence-electron chi connectivity index (χ3n) is 5.51. The topological polar surface area (TPSA) is 230 Å². The summed E-state index contributed by atoms with van der Waals surface area (Å²) >= 11 is 0. The fourth-order valence-electron chi connectivity index (χ4n) is 3.16. The van der Waals surface area contributed by atoms with E-state index in [1.165, 1.54) is 14.0 Å². The fourth-order valence-corrected chi connectivity index (χ4v) is 3.16. The van der Waals surface area contributed by atoms with Crippen LogP contribution < -0.4 is 26.6 Å². The molecule has 0 bridgehead atoms. The lowest BCUT2D eigenvalue weighted by Crippen LogP contribution is -2.57. The minimum Gasteiger partial charge on any atom is -0.394 e. The quantitative estimate of drug-likeness (QED) is 0.0884. The van der Waals surface area contributed by atoms with Gasteiger partial charge in [-0.3, -0.25) is 19.2 Å². The highest BCUT2D eigenvalue weighted by atomic mass is 16.4. The summed E-state index contributed by atoms with van der Waals surface area (Å²) in [7, 11) is 1.51. The van der Waals surface area contributed by atoms with Gasteiger partial charge in [0.25, 0.3) is 0 Å². The molecule has 4 amide bonds. The number of hydrogen-bond acceptors (Lipinski definition) is 10. The van der Waals surface area contributed by atoms with Crippen molar-refractivity contribution >= 4 is 23.6 Å². The maximum atomic E-state index is 12.7. The van der Waals surface area contributed by atoms with Gasteiger partial charge >= 0.3 is 0 Å². The highest BCUT2D eigenvalue weighted by molar-refractivity contribution is 5.93. The molecule has 0 fully saturated rings. The van der Waals surface area contributed by atoms with Gasteiger partial charge in [-0.15, -0.1) is 0 Å². The van der Waals surface area contributed by atoms with Gasteiger partial charge < -0.3 is 52.1 Å². The molecule has 10 N–H and O–H groups in total. The number of nitrogens with one attached hydrogen (secondary N) is 5. The van der Waals surface area contributed by atoms with E-state index in [2.05, 4.69) is 26.6 Å². The van der Waals surface area contributed by atoms with Crippen LogP contribution in [0.3, 0.4) is 0 Å². The molecule has 0 spiro atoms. The van der Waals surface area contributed by atoms with E-state index in [0.29, 0.717) is 6.54 Å². The Bertz CT molecular complexity index is 709. The first-order valence-electron chi connectivity index (χ1n) is 12.0. The Balaban J connectivity index is 4.83. The van der Waals surface area contributed by atoms with Crippen molar-refractivity contribution < 1.29 is 44.7 Å². The predicted molar refractivity (Wildman–Crippen MR) is 129 cm³/mol. The first-order chi connectivity index (χ1) is 16.8. The molecular formula is C22H43N5O9. The van der Waals surface area contributed by atoms with Gasteiger partial charge in [-0.1, -0.05) is 13.8 Å². The molecule has 0 saturated carbocycles. The summed E-state index contributed by atoms with van der Waals surface area (Å²) in [4.78, 5) is 49.4. The Hall–Kier alpha value is -2.36. The highest BCUT2D eigenvalue weighted by Gasteiger charge is 2.31. The summed E-state index contributed by atoms with van der Waals surface area (Å²) in [5, 5.41) is 60.3. The second kappa shape index (κ2) is 17.2. The molecular weight excluding hydrogens is 478 g/mol. The molecule has 0 aliphatic carbocycles. The summed E-state index contributed by atoms with van der Waals surface area (Å²) in [5.74, 6) is -2.24. The molecule has 0 aromatic carbocycles. The van der Waals surface area contributed by atoms with Gasteiger partial charge in [0.1, 0.15) is 30.4 Å². The van der Waals surface area contributed by atoms with Crippen molar-refractivity contribution in [2.24, 2.45) is 5.92 Å². The van der Waals surface area contributed by atoms with Crippen molar-refractivity contribution in [3.05, 3.63) is 0 Å². The highest BCUT2D eigenvalue weighted by Crippen LogP contribution is 2.07. The van der Waals surface area contributed by atoms with Crippen LogP contribution in [0.5, 0.6) is 0 Å². The van der Waals surface area contributed by atoms with Gasteiger partial charge in [-0.2, -0.15) is 0 Å². The number of likely N-dealkylation sites (N-methyl/N-ethyl adjacent to an activating group) is 2. The Kier molecular flexibility index (Phi) is 16.0. The summed E-state index contributed by atoms with van der Waals surface area (Å²) in [6, 6.07) is -2.54. The number of carbonyl (C=O) groups is 4. The Morgan fingerprint density at radius 1 is 0.806 bits per heavy atom. The largest absolute Gasteiger partial charge is 0.394 e. The van der Waals surface area contributed by atoms with Crippen molar-refractivity contribution in [1.82, 2.24) is 26.6 Å². The first kappa shape index (κ1) is 33.6. The molecule has 14 nitrogen and oxygen atoms in total. The lowest BCUT2D eigenvalue weighted by Gasteiger charge is -2.26. The van der Waals surface area contributed by atoms with E-state index in [1.807, 2.05) is 0 Å². The van der Waals surface area contributed by atoms with Gasteiger partial charge in [0.05, 0.1) is 18.8 Å². The number of rotatable bonds is 17. The number of hydrogen-bond donors (Lipinski definition) is 10. The monoisotopic (exact) mass is 521 g/mol. The number of aliphatic hydroxyl groups excluding tert-OH is 5. The maximum absolute atomic E-state index is 12.7. The van der Waals surface area contributed by atoms with Gasteiger partial charge in [-0.25, -0.2) is 0 Å². The van der Waals surface area contributed by atoms with E-state index in [-0.39, 0.29) is 24.7 Å². The lowest BCUT2D eigenvalue weighted by atomic mass is 10.0. The van der Waals surface area contributed by atoms with Crippen LogP contribution >= 0.6 is 0 Å². The zero-order chi connectivity index (χ0) is 28.0. The summed E-state index contributed by atoms with van der Waals surface area (Å²) in [5.41, 5.74) is 0. The van der Waals surface area contributed by atoms with E-state index in [9.17, 15) is 39.6 Å². The van der Waals surface area contributed by atoms with Crippen molar-refractivity contribution in [3.8, 4) is 0 Å². The third-order valence-corrected chi connectivity index (χ3v) is 5.51. The van der Waals surface area contributed by atoms with Crippen molar-refractivity contribution in [2.45, 2.75) is 83.1 Å². The second-order valence-corrected chi connectivity index (χ2v) is 8.84. The maximum Gasteiger partial charge on any atom is 0.243 e. The van der Waals surface area contributed by atoms with Gasteiger partial charge in [0.15, 0.2) is 0 Å². The van der Waals surface area contributed by atoms with Crippen LogP contribution in [0.2, 0.25) is 0 Å². The SMILES string of the molecule is CCNC(=O)[C@H](C)NC(=O)[C@@H](NC(=O)[C@H](CCC(=O)NC[C@H](O)[C@@H](O)[C@H](O)[C@H](O)CO)NC)C(C)C. The molecule has 0 aliphatic rings. The summed E-state index contributed by atoms with van der Waals surface area (Å²) in [6.07, 6.45) is -6.99. The molecule has 36 heavy (non-hydrogen) atoms. The normalized spacial score (nSPS) is 17.2. The van der Waals surface area contributed by atoms with Gasteiger partial charge in [-0.05, 0) is 33.2 Å². The molecule has 0 aromatic heterocycles. The van der Waals surface area contributed by atoms with Crippen molar-refractivity contribution in [3.63, 3.8) is 0 Å². The minimum absolute atomic E-state index is 0.0421. The van der Waals surface area contributed by atoms with E-state index in [4.69, 9.17) is 5.11 Å². The van der Waals surface area contributed by atoms with E-state index < -0.39 is 73.4 Å². The third kappa shape index (κ3) is 11.6. The molecule has 0 radical (unpaired) electrons. The van der Waals surface area contributed by atoms with E-state index in [1.54, 1.807) is 20.8 Å². The second-order valence-electron chi connectivity index (χ2n) is 8.84. The van der Waals surface area contributed by atoms with Crippen molar-refractivity contribution in [1.29, 1.82) is 0 Å². The average Bonchev–Trinajstić information content (AvgIpc) is 2.84. The minimum atomic E-state index is -1.81. The van der Waals surface area contributed by atoms with Crippen molar-refractivity contribution in [2.75, 3.05) is 26.7 Å². The number of carbonyl (C=O) groups excluding carboxylic acids is 4. The van der Waals surface area contributed by atoms with Crippen LogP contribution in [0, 0.1) is 5.92 Å². The fraction of sp³-hybridized carbons (Fsp3) is 0.818. The van der Waals surface area contributed by atoms with E-state index in [0.717, 1.165) is 0 Å². The molecule has 0 aliphatic heterocycles. The summed E-state index contributed by atoms with van der Waals surface area (Å²) in [6.45, 7) is 5.90. The lowest BCUT2D eigenvalue weighted by molar-refractivity contribution is -0.133. The van der Waals surface area contributed by atoms with Crippen LogP contribution in [0.1, 0.15) is 40.5 Å². The van der Waals surface area contributed by atoms with Crippen LogP contribution in [0.25, 0.3) is 0 Å². The van der Waals surface area contributed by atoms with Gasteiger partial charge in [0, 0.05) is 19.5 Å². The molecule has 0 aromatic rings. The average molecular weight is 522 g/mol. The Morgan fingerprint density at radius 3 is 1.89 bits per heavy atom. The van der Waals surface area contributed by atoms with Crippen LogP contribution in [0.15, 0.2) is 0 Å². The Labute approximate surface area is 211 Å². The predicted octanol–water partition coefficient (Wildman–Crippen LogP) is -4.31. The zero-order valence-corrected chi connectivity index (χ0v) is 21.5.